The summed E-state index contributed by atoms with van der Waals surface area (Å²) in [7, 11) is -3.02. The van der Waals surface area contributed by atoms with Crippen molar-refractivity contribution in [3.8, 4) is 16.9 Å². The molecule has 8 nitrogen and oxygen atoms in total. The number of methoxy groups -OCH3 is 1. The van der Waals surface area contributed by atoms with E-state index in [1.165, 1.54) is 19.2 Å². The molecule has 0 unspecified atom stereocenters. The van der Waals surface area contributed by atoms with E-state index >= 15 is 0 Å². The molecule has 0 spiro atoms. The number of hydrogen-bond donors (Lipinski definition) is 2. The summed E-state index contributed by atoms with van der Waals surface area (Å²) in [4.78, 5) is 23.9. The number of carbonyl (C=O) groups is 2. The van der Waals surface area contributed by atoms with Crippen molar-refractivity contribution in [2.45, 2.75) is 22.8 Å². The number of ether oxygens (including phenoxy) is 1. The first-order valence-corrected chi connectivity index (χ1v) is 12.4. The first kappa shape index (κ1) is 24.7. The zero-order chi connectivity index (χ0) is 25.4. The number of carboxylic acids is 2. The third kappa shape index (κ3) is 4.62. The molecule has 0 aliphatic heterocycles. The molecule has 182 valence electrons. The Hall–Kier alpha value is -3.40. The predicted molar refractivity (Wildman–Crippen MR) is 129 cm³/mol. The van der Waals surface area contributed by atoms with Crippen molar-refractivity contribution in [1.29, 1.82) is 0 Å². The smallest absolute Gasteiger partial charge is 0.325 e. The minimum absolute atomic E-state index is 0.0646. The van der Waals surface area contributed by atoms with E-state index in [1.54, 1.807) is 60.7 Å². The highest BCUT2D eigenvalue weighted by Gasteiger charge is 2.68. The second-order valence-corrected chi connectivity index (χ2v) is 10.5. The summed E-state index contributed by atoms with van der Waals surface area (Å²) in [6.07, 6.45) is -0.0646. The molecule has 3 aromatic rings. The fourth-order valence-electron chi connectivity index (χ4n) is 4.28. The Kier molecular flexibility index (Phi) is 6.59. The maximum Gasteiger partial charge on any atom is 0.325 e. The van der Waals surface area contributed by atoms with Gasteiger partial charge < -0.3 is 14.9 Å². The minimum atomic E-state index is -4.48. The summed E-state index contributed by atoms with van der Waals surface area (Å²) in [5.74, 6) is -3.12. The molecule has 3 aromatic carbocycles. The number of carboxylic acid groups (broad SMARTS) is 2. The highest BCUT2D eigenvalue weighted by atomic mass is 35.5. The largest absolute Gasteiger partial charge is 0.497 e. The first-order valence-electron chi connectivity index (χ1n) is 10.6. The lowest BCUT2D eigenvalue weighted by molar-refractivity contribution is -0.145. The van der Waals surface area contributed by atoms with Gasteiger partial charge in [-0.1, -0.05) is 48.0 Å². The SMILES string of the molecule is COc1cccc([C@@H]2C[C@]2(C(=O)O)N(CC(=O)O)S(=O)(=O)c2ccc(-c3ccc(Cl)cc3)cc2)c1. The van der Waals surface area contributed by atoms with Gasteiger partial charge in [-0.3, -0.25) is 9.59 Å². The van der Waals surface area contributed by atoms with Crippen molar-refractivity contribution in [2.75, 3.05) is 13.7 Å². The zero-order valence-electron chi connectivity index (χ0n) is 18.6. The minimum Gasteiger partial charge on any atom is -0.497 e. The standard InChI is InChI=1S/C25H22ClNO7S/c1-34-20-4-2-3-18(13-20)22-14-25(22,24(30)31)27(15-23(28)29)35(32,33)21-11-7-17(8-12-21)16-5-9-19(26)10-6-16/h2-13,22H,14-15H2,1H3,(H,28,29)(H,30,31)/t22-,25-/m0/s1. The molecular weight excluding hydrogens is 494 g/mol. The maximum absolute atomic E-state index is 13.6. The quantitative estimate of drug-likeness (QED) is 0.440. The number of nitrogens with zero attached hydrogens (tertiary/aromatic N) is 1. The Balaban J connectivity index is 1.73. The van der Waals surface area contributed by atoms with Crippen LogP contribution in [0.3, 0.4) is 0 Å². The van der Waals surface area contributed by atoms with Crippen LogP contribution in [0, 0.1) is 0 Å². The van der Waals surface area contributed by atoms with E-state index in [2.05, 4.69) is 0 Å². The number of aliphatic carboxylic acids is 2. The Labute approximate surface area is 207 Å². The Morgan fingerprint density at radius 2 is 1.63 bits per heavy atom. The van der Waals surface area contributed by atoms with Crippen LogP contribution in [-0.2, 0) is 19.6 Å². The van der Waals surface area contributed by atoms with Crippen molar-refractivity contribution >= 4 is 33.6 Å². The third-order valence-corrected chi connectivity index (χ3v) is 8.30. The van der Waals surface area contributed by atoms with Crippen LogP contribution in [0.1, 0.15) is 17.9 Å². The molecule has 10 heteroatoms. The number of hydrogen-bond acceptors (Lipinski definition) is 5. The molecule has 1 aliphatic carbocycles. The zero-order valence-corrected chi connectivity index (χ0v) is 20.2. The van der Waals surface area contributed by atoms with E-state index in [-0.39, 0.29) is 11.3 Å². The molecule has 0 heterocycles. The molecule has 0 amide bonds. The van der Waals surface area contributed by atoms with Crippen molar-refractivity contribution in [2.24, 2.45) is 0 Å². The molecule has 1 fully saturated rings. The number of benzene rings is 3. The van der Waals surface area contributed by atoms with Gasteiger partial charge in [-0.05, 0) is 59.5 Å². The second kappa shape index (κ2) is 9.33. The Morgan fingerprint density at radius 1 is 1.03 bits per heavy atom. The lowest BCUT2D eigenvalue weighted by atomic mass is 10.1. The fourth-order valence-corrected chi connectivity index (χ4v) is 6.12. The number of rotatable bonds is 9. The summed E-state index contributed by atoms with van der Waals surface area (Å²) in [5.41, 5.74) is 0.149. The summed E-state index contributed by atoms with van der Waals surface area (Å²) in [5, 5.41) is 20.2. The molecular formula is C25H22ClNO7S. The maximum atomic E-state index is 13.6. The molecule has 0 aromatic heterocycles. The Bertz CT molecular complexity index is 1370. The molecule has 2 atom stereocenters. The van der Waals surface area contributed by atoms with E-state index in [1.807, 2.05) is 0 Å². The van der Waals surface area contributed by atoms with Gasteiger partial charge in [0.1, 0.15) is 17.8 Å². The van der Waals surface area contributed by atoms with Crippen LogP contribution in [0.25, 0.3) is 11.1 Å². The fraction of sp³-hybridized carbons (Fsp3) is 0.200. The van der Waals surface area contributed by atoms with Gasteiger partial charge in [0.25, 0.3) is 0 Å². The summed E-state index contributed by atoms with van der Waals surface area (Å²) in [6.45, 7) is -0.992. The molecule has 0 bridgehead atoms. The monoisotopic (exact) mass is 515 g/mol. The van der Waals surface area contributed by atoms with E-state index in [9.17, 15) is 28.2 Å². The predicted octanol–water partition coefficient (Wildman–Crippen LogP) is 4.10. The van der Waals surface area contributed by atoms with Gasteiger partial charge in [0, 0.05) is 10.9 Å². The van der Waals surface area contributed by atoms with Crippen molar-refractivity contribution < 1.29 is 33.0 Å². The van der Waals surface area contributed by atoms with E-state index < -0.39 is 40.0 Å². The summed E-state index contributed by atoms with van der Waals surface area (Å²) < 4.78 is 33.0. The van der Waals surface area contributed by atoms with Crippen LogP contribution in [-0.4, -0.2) is 54.1 Å². The molecule has 0 saturated heterocycles. The molecule has 0 radical (unpaired) electrons. The normalized spacial score (nSPS) is 19.3. The van der Waals surface area contributed by atoms with Gasteiger partial charge in [-0.2, -0.15) is 4.31 Å². The van der Waals surface area contributed by atoms with Gasteiger partial charge in [0.15, 0.2) is 0 Å². The van der Waals surface area contributed by atoms with Crippen LogP contribution < -0.4 is 4.74 Å². The van der Waals surface area contributed by atoms with Gasteiger partial charge in [-0.15, -0.1) is 0 Å². The van der Waals surface area contributed by atoms with Crippen molar-refractivity contribution in [1.82, 2.24) is 4.31 Å². The Morgan fingerprint density at radius 3 is 2.17 bits per heavy atom. The van der Waals surface area contributed by atoms with Crippen LogP contribution in [0.4, 0.5) is 0 Å². The number of sulfonamides is 1. The van der Waals surface area contributed by atoms with Crippen LogP contribution in [0.2, 0.25) is 5.02 Å². The van der Waals surface area contributed by atoms with Gasteiger partial charge >= 0.3 is 11.9 Å². The molecule has 2 N–H and O–H groups in total. The molecule has 1 aliphatic rings. The average molecular weight is 516 g/mol. The lowest BCUT2D eigenvalue weighted by Gasteiger charge is -2.28. The van der Waals surface area contributed by atoms with Crippen LogP contribution in [0.5, 0.6) is 5.75 Å². The lowest BCUT2D eigenvalue weighted by Crippen LogP contribution is -2.50. The van der Waals surface area contributed by atoms with Crippen LogP contribution in [0.15, 0.2) is 77.7 Å². The van der Waals surface area contributed by atoms with E-state index in [0.29, 0.717) is 20.6 Å². The highest BCUT2D eigenvalue weighted by Crippen LogP contribution is 2.57. The van der Waals surface area contributed by atoms with E-state index in [4.69, 9.17) is 16.3 Å². The van der Waals surface area contributed by atoms with Crippen molar-refractivity contribution in [3.63, 3.8) is 0 Å². The third-order valence-electron chi connectivity index (χ3n) is 6.14. The number of halogens is 1. The molecule has 35 heavy (non-hydrogen) atoms. The average Bonchev–Trinajstić information content (AvgIpc) is 3.60. The summed E-state index contributed by atoms with van der Waals surface area (Å²) in [6, 6.07) is 19.5. The van der Waals surface area contributed by atoms with Gasteiger partial charge in [-0.25, -0.2) is 8.42 Å². The molecule has 1 saturated carbocycles. The topological polar surface area (TPSA) is 121 Å². The van der Waals surface area contributed by atoms with Crippen LogP contribution >= 0.6 is 11.6 Å². The first-order chi connectivity index (χ1) is 16.6. The molecule has 4 rings (SSSR count). The van der Waals surface area contributed by atoms with Gasteiger partial charge in [0.05, 0.1) is 12.0 Å². The highest BCUT2D eigenvalue weighted by molar-refractivity contribution is 7.89. The second-order valence-electron chi connectivity index (χ2n) is 8.20. The van der Waals surface area contributed by atoms with Crippen molar-refractivity contribution in [3.05, 3.63) is 83.4 Å². The van der Waals surface area contributed by atoms with E-state index in [0.717, 1.165) is 11.1 Å². The summed E-state index contributed by atoms with van der Waals surface area (Å²) >= 11 is 5.92. The van der Waals surface area contributed by atoms with Gasteiger partial charge in [0.2, 0.25) is 10.0 Å².